The van der Waals surface area contributed by atoms with E-state index in [4.69, 9.17) is 14.2 Å². The lowest BCUT2D eigenvalue weighted by Gasteiger charge is -2.42. The Morgan fingerprint density at radius 1 is 0.769 bits per heavy atom. The number of aliphatic hydroxyl groups excluding tert-OH is 3. The summed E-state index contributed by atoms with van der Waals surface area (Å²) in [6.45, 7) is 0.0705. The Balaban J connectivity index is 1.69. The van der Waals surface area contributed by atoms with Gasteiger partial charge in [0.15, 0.2) is 6.29 Å². The van der Waals surface area contributed by atoms with Gasteiger partial charge >= 0.3 is 0 Å². The monoisotopic (exact) mass is 360 g/mol. The Bertz CT molecular complexity index is 650. The molecule has 0 aromatic heterocycles. The van der Waals surface area contributed by atoms with Gasteiger partial charge in [-0.25, -0.2) is 0 Å². The van der Waals surface area contributed by atoms with Crippen LogP contribution >= 0.6 is 0 Å². The standard InChI is InChI=1S/C20H24O6/c21-11-16-17(22)18(24-12-14-7-3-1-4-8-14)19(20(23)26-16)25-13-15-9-5-2-6-10-15/h1-10,16-23H,11-13H2/t16-,17+,18+,19-,20?/m1/s1. The zero-order valence-corrected chi connectivity index (χ0v) is 14.3. The molecule has 1 saturated heterocycles. The molecule has 0 bridgehead atoms. The highest BCUT2D eigenvalue weighted by atomic mass is 16.7. The Morgan fingerprint density at radius 2 is 1.27 bits per heavy atom. The molecule has 5 atom stereocenters. The SMILES string of the molecule is OC[C@H]1OC(O)[C@H](OCc2ccccc2)[C@@H](OCc2ccccc2)[C@H]1O. The topological polar surface area (TPSA) is 88.4 Å². The van der Waals surface area contributed by atoms with Crippen molar-refractivity contribution in [2.45, 2.75) is 43.9 Å². The highest BCUT2D eigenvalue weighted by Crippen LogP contribution is 2.26. The van der Waals surface area contributed by atoms with E-state index in [-0.39, 0.29) is 13.2 Å². The molecule has 0 spiro atoms. The Morgan fingerprint density at radius 3 is 1.77 bits per heavy atom. The van der Waals surface area contributed by atoms with Crippen LogP contribution in [0.1, 0.15) is 11.1 Å². The fraction of sp³-hybridized carbons (Fsp3) is 0.400. The smallest absolute Gasteiger partial charge is 0.184 e. The second kappa shape index (κ2) is 9.23. The van der Waals surface area contributed by atoms with Gasteiger partial charge in [-0.2, -0.15) is 0 Å². The van der Waals surface area contributed by atoms with Crippen LogP contribution in [-0.2, 0) is 27.4 Å². The number of aliphatic hydroxyl groups is 3. The van der Waals surface area contributed by atoms with Crippen molar-refractivity contribution < 1.29 is 29.5 Å². The fourth-order valence-electron chi connectivity index (χ4n) is 2.96. The maximum absolute atomic E-state index is 10.5. The van der Waals surface area contributed by atoms with Crippen LogP contribution in [0.5, 0.6) is 0 Å². The third-order valence-corrected chi connectivity index (χ3v) is 4.39. The van der Waals surface area contributed by atoms with E-state index >= 15 is 0 Å². The fourth-order valence-corrected chi connectivity index (χ4v) is 2.96. The third kappa shape index (κ3) is 4.67. The van der Waals surface area contributed by atoms with Gasteiger partial charge < -0.3 is 29.5 Å². The van der Waals surface area contributed by atoms with Crippen LogP contribution in [0.2, 0.25) is 0 Å². The first-order valence-corrected chi connectivity index (χ1v) is 8.62. The molecule has 0 radical (unpaired) electrons. The molecule has 26 heavy (non-hydrogen) atoms. The van der Waals surface area contributed by atoms with Gasteiger partial charge in [-0.15, -0.1) is 0 Å². The van der Waals surface area contributed by atoms with Gasteiger partial charge in [-0.1, -0.05) is 60.7 Å². The molecular weight excluding hydrogens is 336 g/mol. The summed E-state index contributed by atoms with van der Waals surface area (Å²) in [5, 5.41) is 30.2. The lowest BCUT2D eigenvalue weighted by Crippen LogP contribution is -2.60. The van der Waals surface area contributed by atoms with Gasteiger partial charge in [0, 0.05) is 0 Å². The van der Waals surface area contributed by atoms with Crippen molar-refractivity contribution in [2.75, 3.05) is 6.61 Å². The molecule has 0 amide bonds. The van der Waals surface area contributed by atoms with Crippen molar-refractivity contribution in [3.63, 3.8) is 0 Å². The number of rotatable bonds is 7. The largest absolute Gasteiger partial charge is 0.394 e. The molecule has 140 valence electrons. The molecule has 0 aliphatic carbocycles. The van der Waals surface area contributed by atoms with Gasteiger partial charge in [0.25, 0.3) is 0 Å². The molecular formula is C20H24O6. The molecule has 2 aromatic carbocycles. The molecule has 0 saturated carbocycles. The number of ether oxygens (including phenoxy) is 3. The summed E-state index contributed by atoms with van der Waals surface area (Å²) in [5.74, 6) is 0. The highest BCUT2D eigenvalue weighted by molar-refractivity contribution is 5.14. The molecule has 2 aromatic rings. The summed E-state index contributed by atoms with van der Waals surface area (Å²) in [6.07, 6.45) is -5.06. The van der Waals surface area contributed by atoms with Crippen LogP contribution in [-0.4, -0.2) is 52.6 Å². The predicted octanol–water partition coefficient (Wildman–Crippen LogP) is 1.23. The molecule has 3 N–H and O–H groups in total. The molecule has 1 aliphatic rings. The van der Waals surface area contributed by atoms with E-state index in [1.165, 1.54) is 0 Å². The van der Waals surface area contributed by atoms with Crippen molar-refractivity contribution in [1.82, 2.24) is 0 Å². The van der Waals surface area contributed by atoms with Crippen LogP contribution in [0.25, 0.3) is 0 Å². The average Bonchev–Trinajstić information content (AvgIpc) is 2.69. The molecule has 1 unspecified atom stereocenters. The van der Waals surface area contributed by atoms with Crippen molar-refractivity contribution in [3.8, 4) is 0 Å². The molecule has 6 nitrogen and oxygen atoms in total. The Kier molecular flexibility index (Phi) is 6.73. The lowest BCUT2D eigenvalue weighted by atomic mass is 9.98. The minimum absolute atomic E-state index is 0.244. The summed E-state index contributed by atoms with van der Waals surface area (Å²) in [4.78, 5) is 0. The predicted molar refractivity (Wildman–Crippen MR) is 94.0 cm³/mol. The summed E-state index contributed by atoms with van der Waals surface area (Å²) in [6, 6.07) is 19.0. The summed E-state index contributed by atoms with van der Waals surface area (Å²) < 4.78 is 16.9. The van der Waals surface area contributed by atoms with E-state index in [1.54, 1.807) is 0 Å². The minimum Gasteiger partial charge on any atom is -0.394 e. The van der Waals surface area contributed by atoms with Crippen LogP contribution in [0.3, 0.4) is 0 Å². The first kappa shape index (κ1) is 19.0. The first-order chi connectivity index (χ1) is 12.7. The van der Waals surface area contributed by atoms with E-state index in [0.29, 0.717) is 0 Å². The first-order valence-electron chi connectivity index (χ1n) is 8.62. The van der Waals surface area contributed by atoms with E-state index < -0.39 is 37.3 Å². The van der Waals surface area contributed by atoms with Crippen molar-refractivity contribution in [2.24, 2.45) is 0 Å². The van der Waals surface area contributed by atoms with E-state index in [2.05, 4.69) is 0 Å². The molecule has 1 aliphatic heterocycles. The number of benzene rings is 2. The minimum atomic E-state index is -1.31. The second-order valence-corrected chi connectivity index (χ2v) is 6.26. The average molecular weight is 360 g/mol. The van der Waals surface area contributed by atoms with Crippen LogP contribution < -0.4 is 0 Å². The van der Waals surface area contributed by atoms with E-state index in [0.717, 1.165) is 11.1 Å². The number of hydrogen-bond acceptors (Lipinski definition) is 6. The Labute approximate surface area is 152 Å². The molecule has 1 fully saturated rings. The maximum Gasteiger partial charge on any atom is 0.184 e. The van der Waals surface area contributed by atoms with Gasteiger partial charge in [-0.3, -0.25) is 0 Å². The van der Waals surface area contributed by atoms with Crippen molar-refractivity contribution in [1.29, 1.82) is 0 Å². The molecule has 3 rings (SSSR count). The zero-order chi connectivity index (χ0) is 18.4. The van der Waals surface area contributed by atoms with Gasteiger partial charge in [0.05, 0.1) is 19.8 Å². The second-order valence-electron chi connectivity index (χ2n) is 6.26. The normalized spacial score (nSPS) is 28.8. The Hall–Kier alpha value is -1.80. The van der Waals surface area contributed by atoms with Gasteiger partial charge in [0.1, 0.15) is 24.4 Å². The summed E-state index contributed by atoms with van der Waals surface area (Å²) in [7, 11) is 0. The molecule has 6 heteroatoms. The number of hydrogen-bond donors (Lipinski definition) is 3. The zero-order valence-electron chi connectivity index (χ0n) is 14.3. The third-order valence-electron chi connectivity index (χ3n) is 4.39. The van der Waals surface area contributed by atoms with Crippen LogP contribution in [0.4, 0.5) is 0 Å². The van der Waals surface area contributed by atoms with Crippen molar-refractivity contribution in [3.05, 3.63) is 71.8 Å². The molecule has 1 heterocycles. The maximum atomic E-state index is 10.5. The van der Waals surface area contributed by atoms with Crippen LogP contribution in [0, 0.1) is 0 Å². The lowest BCUT2D eigenvalue weighted by molar-refractivity contribution is -0.307. The van der Waals surface area contributed by atoms with E-state index in [1.807, 2.05) is 60.7 Å². The quantitative estimate of drug-likeness (QED) is 0.688. The highest BCUT2D eigenvalue weighted by Gasteiger charge is 2.46. The summed E-state index contributed by atoms with van der Waals surface area (Å²) in [5.41, 5.74) is 1.86. The summed E-state index contributed by atoms with van der Waals surface area (Å²) >= 11 is 0. The van der Waals surface area contributed by atoms with Crippen molar-refractivity contribution >= 4 is 0 Å². The van der Waals surface area contributed by atoms with Crippen LogP contribution in [0.15, 0.2) is 60.7 Å². The van der Waals surface area contributed by atoms with Gasteiger partial charge in [-0.05, 0) is 11.1 Å². The van der Waals surface area contributed by atoms with E-state index in [9.17, 15) is 15.3 Å². The van der Waals surface area contributed by atoms with Gasteiger partial charge in [0.2, 0.25) is 0 Å².